The third kappa shape index (κ3) is 1.49. The molecule has 0 spiro atoms. The minimum Gasteiger partial charge on any atom is -0.396 e. The van der Waals surface area contributed by atoms with Crippen LogP contribution in [0.1, 0.15) is 20.3 Å². The van der Waals surface area contributed by atoms with Crippen molar-refractivity contribution in [2.45, 2.75) is 26.4 Å². The van der Waals surface area contributed by atoms with Crippen molar-refractivity contribution in [3.05, 3.63) is 0 Å². The molecule has 3 heteroatoms. The highest BCUT2D eigenvalue weighted by atomic mass is 16.3. The van der Waals surface area contributed by atoms with Gasteiger partial charge < -0.3 is 15.3 Å². The normalized spacial score (nSPS) is 40.2. The van der Waals surface area contributed by atoms with Gasteiger partial charge in [0.1, 0.15) is 0 Å². The second-order valence-corrected chi connectivity index (χ2v) is 4.43. The first-order valence-electron chi connectivity index (χ1n) is 4.42. The molecule has 1 aliphatic rings. The van der Waals surface area contributed by atoms with Crippen LogP contribution in [0.5, 0.6) is 0 Å². The average Bonchev–Trinajstić information content (AvgIpc) is 2.24. The molecule has 0 heterocycles. The van der Waals surface area contributed by atoms with Crippen LogP contribution in [-0.2, 0) is 0 Å². The molecule has 3 unspecified atom stereocenters. The van der Waals surface area contributed by atoms with E-state index in [9.17, 15) is 5.11 Å². The van der Waals surface area contributed by atoms with Crippen LogP contribution in [0.2, 0.25) is 0 Å². The van der Waals surface area contributed by atoms with Crippen LogP contribution >= 0.6 is 0 Å². The second kappa shape index (κ2) is 3.32. The molecule has 1 rings (SSSR count). The van der Waals surface area contributed by atoms with Crippen LogP contribution in [-0.4, -0.2) is 34.6 Å². The molecule has 0 radical (unpaired) electrons. The lowest BCUT2D eigenvalue weighted by Gasteiger charge is -2.24. The summed E-state index contributed by atoms with van der Waals surface area (Å²) in [6.45, 7) is 3.97. The van der Waals surface area contributed by atoms with Gasteiger partial charge in [0, 0.05) is 19.1 Å². The Morgan fingerprint density at radius 1 is 1.25 bits per heavy atom. The van der Waals surface area contributed by atoms with Crippen molar-refractivity contribution in [3.63, 3.8) is 0 Å². The molecule has 0 aliphatic heterocycles. The van der Waals surface area contributed by atoms with E-state index in [1.54, 1.807) is 0 Å². The molecule has 3 N–H and O–H groups in total. The van der Waals surface area contributed by atoms with Crippen molar-refractivity contribution in [2.75, 3.05) is 13.2 Å². The van der Waals surface area contributed by atoms with Gasteiger partial charge in [-0.15, -0.1) is 0 Å². The van der Waals surface area contributed by atoms with E-state index in [1.807, 2.05) is 13.8 Å². The lowest BCUT2D eigenvalue weighted by atomic mass is 9.87. The Bertz CT molecular complexity index is 156. The first-order valence-corrected chi connectivity index (χ1v) is 4.42. The van der Waals surface area contributed by atoms with Gasteiger partial charge in [0.15, 0.2) is 0 Å². The first kappa shape index (κ1) is 9.96. The summed E-state index contributed by atoms with van der Waals surface area (Å²) in [7, 11) is 0. The molecule has 0 aromatic rings. The summed E-state index contributed by atoms with van der Waals surface area (Å²) < 4.78 is 0. The summed E-state index contributed by atoms with van der Waals surface area (Å²) in [6.07, 6.45) is 0.301. The minimum absolute atomic E-state index is 0.0319. The van der Waals surface area contributed by atoms with Gasteiger partial charge in [0.25, 0.3) is 0 Å². The van der Waals surface area contributed by atoms with Crippen molar-refractivity contribution < 1.29 is 15.3 Å². The minimum atomic E-state index is -0.486. The highest BCUT2D eigenvalue weighted by molar-refractivity contribution is 4.95. The van der Waals surface area contributed by atoms with E-state index in [0.717, 1.165) is 6.42 Å². The van der Waals surface area contributed by atoms with Crippen LogP contribution in [0, 0.1) is 17.3 Å². The Kier molecular flexibility index (Phi) is 2.76. The molecule has 12 heavy (non-hydrogen) atoms. The zero-order chi connectivity index (χ0) is 9.35. The van der Waals surface area contributed by atoms with Gasteiger partial charge >= 0.3 is 0 Å². The van der Waals surface area contributed by atoms with Crippen molar-refractivity contribution in [1.82, 2.24) is 0 Å². The van der Waals surface area contributed by atoms with Gasteiger partial charge in [-0.05, 0) is 17.8 Å². The summed E-state index contributed by atoms with van der Waals surface area (Å²) >= 11 is 0. The smallest absolute Gasteiger partial charge is 0.0644 e. The SMILES string of the molecule is CC1(C)CC(CO)C(CO)C1O. The molecule has 0 saturated heterocycles. The molecule has 1 saturated carbocycles. The van der Waals surface area contributed by atoms with Crippen molar-refractivity contribution >= 4 is 0 Å². The lowest BCUT2D eigenvalue weighted by molar-refractivity contribution is 0.0150. The fraction of sp³-hybridized carbons (Fsp3) is 1.00. The van der Waals surface area contributed by atoms with E-state index in [0.29, 0.717) is 0 Å². The summed E-state index contributed by atoms with van der Waals surface area (Å²) in [4.78, 5) is 0. The lowest BCUT2D eigenvalue weighted by Crippen LogP contribution is -2.31. The third-order valence-electron chi connectivity index (χ3n) is 3.05. The van der Waals surface area contributed by atoms with Crippen LogP contribution < -0.4 is 0 Å². The molecule has 0 amide bonds. The van der Waals surface area contributed by atoms with E-state index < -0.39 is 6.10 Å². The van der Waals surface area contributed by atoms with Gasteiger partial charge in [0.2, 0.25) is 0 Å². The van der Waals surface area contributed by atoms with Gasteiger partial charge in [-0.25, -0.2) is 0 Å². The first-order chi connectivity index (χ1) is 5.53. The highest BCUT2D eigenvalue weighted by Gasteiger charge is 2.46. The maximum atomic E-state index is 9.75. The van der Waals surface area contributed by atoms with Crippen LogP contribution in [0.15, 0.2) is 0 Å². The molecular weight excluding hydrogens is 156 g/mol. The maximum Gasteiger partial charge on any atom is 0.0644 e. The van der Waals surface area contributed by atoms with E-state index in [2.05, 4.69) is 0 Å². The Morgan fingerprint density at radius 3 is 2.17 bits per heavy atom. The molecule has 1 fully saturated rings. The molecule has 0 aromatic heterocycles. The molecule has 0 aromatic carbocycles. The van der Waals surface area contributed by atoms with Crippen LogP contribution in [0.3, 0.4) is 0 Å². The molecule has 3 nitrogen and oxygen atoms in total. The molecule has 0 bridgehead atoms. The van der Waals surface area contributed by atoms with E-state index in [4.69, 9.17) is 10.2 Å². The Hall–Kier alpha value is -0.120. The fourth-order valence-electron chi connectivity index (χ4n) is 2.23. The number of hydrogen-bond acceptors (Lipinski definition) is 3. The zero-order valence-corrected chi connectivity index (χ0v) is 7.70. The van der Waals surface area contributed by atoms with Gasteiger partial charge in [-0.1, -0.05) is 13.8 Å². The number of rotatable bonds is 2. The molecule has 1 aliphatic carbocycles. The maximum absolute atomic E-state index is 9.75. The standard InChI is InChI=1S/C9H18O3/c1-9(2)3-6(4-10)7(5-11)8(9)12/h6-8,10-12H,3-5H2,1-2H3. The third-order valence-corrected chi connectivity index (χ3v) is 3.05. The summed E-state index contributed by atoms with van der Waals surface area (Å²) in [5.41, 5.74) is -0.166. The Labute approximate surface area is 73.0 Å². The van der Waals surface area contributed by atoms with Crippen molar-refractivity contribution in [2.24, 2.45) is 17.3 Å². The van der Waals surface area contributed by atoms with E-state index in [-0.39, 0.29) is 30.5 Å². The van der Waals surface area contributed by atoms with Crippen LogP contribution in [0.4, 0.5) is 0 Å². The predicted molar refractivity (Wildman–Crippen MR) is 45.6 cm³/mol. The average molecular weight is 174 g/mol. The molecule has 72 valence electrons. The number of hydrogen-bond donors (Lipinski definition) is 3. The number of aliphatic hydroxyl groups excluding tert-OH is 3. The molecular formula is C9H18O3. The Morgan fingerprint density at radius 2 is 1.83 bits per heavy atom. The van der Waals surface area contributed by atoms with Gasteiger partial charge in [-0.3, -0.25) is 0 Å². The monoisotopic (exact) mass is 174 g/mol. The van der Waals surface area contributed by atoms with Gasteiger partial charge in [-0.2, -0.15) is 0 Å². The van der Waals surface area contributed by atoms with Gasteiger partial charge in [0.05, 0.1) is 6.10 Å². The van der Waals surface area contributed by atoms with Crippen molar-refractivity contribution in [1.29, 1.82) is 0 Å². The van der Waals surface area contributed by atoms with E-state index in [1.165, 1.54) is 0 Å². The van der Waals surface area contributed by atoms with E-state index >= 15 is 0 Å². The second-order valence-electron chi connectivity index (χ2n) is 4.43. The topological polar surface area (TPSA) is 60.7 Å². The number of aliphatic hydroxyl groups is 3. The molecule has 3 atom stereocenters. The summed E-state index contributed by atoms with van der Waals surface area (Å²) in [6, 6.07) is 0. The largest absolute Gasteiger partial charge is 0.396 e. The zero-order valence-electron chi connectivity index (χ0n) is 7.70. The Balaban J connectivity index is 2.72. The highest BCUT2D eigenvalue weighted by Crippen LogP contribution is 2.44. The van der Waals surface area contributed by atoms with Crippen molar-refractivity contribution in [3.8, 4) is 0 Å². The van der Waals surface area contributed by atoms with Crippen LogP contribution in [0.25, 0.3) is 0 Å². The predicted octanol–water partition coefficient (Wildman–Crippen LogP) is -0.00580. The summed E-state index contributed by atoms with van der Waals surface area (Å²) in [5.74, 6) is -0.0926. The summed E-state index contributed by atoms with van der Waals surface area (Å²) in [5, 5.41) is 27.7. The quantitative estimate of drug-likeness (QED) is 0.552. The fourth-order valence-corrected chi connectivity index (χ4v) is 2.23.